The average molecular weight is 630 g/mol. The lowest BCUT2D eigenvalue weighted by atomic mass is 9.95. The summed E-state index contributed by atoms with van der Waals surface area (Å²) in [6.45, 7) is 3.15. The molecule has 0 fully saturated rings. The summed E-state index contributed by atoms with van der Waals surface area (Å²) < 4.78 is 79.6. The van der Waals surface area contributed by atoms with Crippen molar-refractivity contribution in [2.24, 2.45) is 0 Å². The second-order valence-corrected chi connectivity index (χ2v) is 10.8. The molecule has 0 spiro atoms. The number of halogens is 8. The summed E-state index contributed by atoms with van der Waals surface area (Å²) in [6.07, 6.45) is -6.90. The normalized spacial score (nSPS) is 13.0. The number of hydrogen-bond donors (Lipinski definition) is 3. The third kappa shape index (κ3) is 7.99. The Hall–Kier alpha value is -3.21. The highest BCUT2D eigenvalue weighted by atomic mass is 35.5. The maximum Gasteiger partial charge on any atom is 0.416 e. The average Bonchev–Trinajstić information content (AvgIpc) is 3.32. The first kappa shape index (κ1) is 31.7. The van der Waals surface area contributed by atoms with Crippen molar-refractivity contribution in [2.75, 3.05) is 19.6 Å². The lowest BCUT2D eigenvalue weighted by Crippen LogP contribution is -2.31. The van der Waals surface area contributed by atoms with E-state index in [1.54, 1.807) is 18.2 Å². The zero-order chi connectivity index (χ0) is 30.7. The minimum absolute atomic E-state index is 0.0155. The van der Waals surface area contributed by atoms with Crippen LogP contribution in [0, 0.1) is 6.92 Å². The second kappa shape index (κ2) is 13.0. The molecule has 1 aromatic heterocycles. The highest BCUT2D eigenvalue weighted by Crippen LogP contribution is 2.36. The van der Waals surface area contributed by atoms with Crippen LogP contribution in [0.5, 0.6) is 0 Å². The Balaban J connectivity index is 1.44. The second-order valence-electron chi connectivity index (χ2n) is 10.0. The van der Waals surface area contributed by atoms with Crippen LogP contribution in [-0.2, 0) is 18.8 Å². The quantitative estimate of drug-likeness (QED) is 0.122. The fourth-order valence-corrected chi connectivity index (χ4v) is 4.99. The van der Waals surface area contributed by atoms with Crippen molar-refractivity contribution in [1.29, 1.82) is 0 Å². The molecule has 42 heavy (non-hydrogen) atoms. The summed E-state index contributed by atoms with van der Waals surface area (Å²) in [6, 6.07) is 11.9. The lowest BCUT2D eigenvalue weighted by Gasteiger charge is -2.20. The zero-order valence-electron chi connectivity index (χ0n) is 22.3. The van der Waals surface area contributed by atoms with Gasteiger partial charge in [-0.05, 0) is 86.4 Å². The van der Waals surface area contributed by atoms with Crippen molar-refractivity contribution in [1.82, 2.24) is 15.6 Å². The van der Waals surface area contributed by atoms with Crippen LogP contribution >= 0.6 is 23.2 Å². The van der Waals surface area contributed by atoms with E-state index in [4.69, 9.17) is 23.2 Å². The molecule has 0 aliphatic rings. The van der Waals surface area contributed by atoms with Crippen LogP contribution in [0.2, 0.25) is 10.0 Å². The Morgan fingerprint density at radius 1 is 0.881 bits per heavy atom. The first-order valence-electron chi connectivity index (χ1n) is 13.0. The summed E-state index contributed by atoms with van der Waals surface area (Å²) in [5, 5.41) is 7.60. The number of fused-ring (bicyclic) bond motifs is 1. The summed E-state index contributed by atoms with van der Waals surface area (Å²) in [7, 11) is 0. The highest BCUT2D eigenvalue weighted by molar-refractivity contribution is 6.42. The van der Waals surface area contributed by atoms with E-state index in [1.165, 1.54) is 0 Å². The van der Waals surface area contributed by atoms with E-state index in [-0.39, 0.29) is 23.6 Å². The molecule has 4 aromatic rings. The van der Waals surface area contributed by atoms with Gasteiger partial charge in [0.2, 0.25) is 0 Å². The molecule has 1 heterocycles. The van der Waals surface area contributed by atoms with E-state index in [9.17, 15) is 31.1 Å². The first-order valence-corrected chi connectivity index (χ1v) is 13.8. The minimum atomic E-state index is -5.06. The molecule has 12 heteroatoms. The lowest BCUT2D eigenvalue weighted by molar-refractivity contribution is -0.143. The number of carbonyl (C=O) groups is 1. The first-order chi connectivity index (χ1) is 19.7. The monoisotopic (exact) mass is 629 g/mol. The van der Waals surface area contributed by atoms with Gasteiger partial charge in [-0.3, -0.25) is 4.79 Å². The fourth-order valence-electron chi connectivity index (χ4n) is 4.68. The van der Waals surface area contributed by atoms with Gasteiger partial charge in [-0.15, -0.1) is 0 Å². The SMILES string of the molecule is Cc1ccc2[nH]cc(CCNCCC(CNC(=O)c3cc(C(F)(F)F)cc(C(F)(F)F)c3)c3ccc(Cl)c(Cl)c3)c2c1. The number of aryl methyl sites for hydroxylation is 1. The number of H-pyrrole nitrogens is 1. The summed E-state index contributed by atoms with van der Waals surface area (Å²) >= 11 is 12.2. The number of aromatic amines is 1. The largest absolute Gasteiger partial charge is 0.416 e. The maximum absolute atomic E-state index is 13.3. The van der Waals surface area contributed by atoms with Crippen LogP contribution < -0.4 is 10.6 Å². The molecule has 224 valence electrons. The van der Waals surface area contributed by atoms with Crippen molar-refractivity contribution in [3.8, 4) is 0 Å². The van der Waals surface area contributed by atoms with E-state index in [0.717, 1.165) is 28.5 Å². The molecule has 0 saturated heterocycles. The van der Waals surface area contributed by atoms with E-state index in [0.29, 0.717) is 42.2 Å². The Labute approximate surface area is 248 Å². The van der Waals surface area contributed by atoms with Crippen LogP contribution in [-0.4, -0.2) is 30.5 Å². The summed E-state index contributed by atoms with van der Waals surface area (Å²) in [5.41, 5.74) is 0.220. The van der Waals surface area contributed by atoms with Gasteiger partial charge in [0, 0.05) is 35.1 Å². The Kier molecular flexibility index (Phi) is 9.80. The molecule has 3 N–H and O–H groups in total. The van der Waals surface area contributed by atoms with Gasteiger partial charge >= 0.3 is 12.4 Å². The molecule has 1 unspecified atom stereocenters. The number of nitrogens with one attached hydrogen (secondary N) is 3. The van der Waals surface area contributed by atoms with Gasteiger partial charge in [0.1, 0.15) is 0 Å². The number of carbonyl (C=O) groups excluding carboxylic acids is 1. The summed E-state index contributed by atoms with van der Waals surface area (Å²) in [4.78, 5) is 16.0. The Morgan fingerprint density at radius 3 is 2.21 bits per heavy atom. The number of amides is 1. The molecule has 3 aromatic carbocycles. The molecule has 0 aliphatic carbocycles. The molecular formula is C30H27Cl2F6N3O. The minimum Gasteiger partial charge on any atom is -0.361 e. The van der Waals surface area contributed by atoms with E-state index < -0.39 is 35.0 Å². The predicted molar refractivity (Wildman–Crippen MR) is 152 cm³/mol. The van der Waals surface area contributed by atoms with Crippen LogP contribution in [0.4, 0.5) is 26.3 Å². The third-order valence-corrected chi connectivity index (χ3v) is 7.68. The number of aromatic nitrogens is 1. The maximum atomic E-state index is 13.3. The number of rotatable bonds is 10. The standard InChI is InChI=1S/C30H27Cl2F6N3O/c1-17-2-5-27-24(10-17)20(16-40-27)7-9-39-8-6-19(18-3-4-25(31)26(32)13-18)15-41-28(42)21-11-22(29(33,34)35)14-23(12-21)30(36,37)38/h2-5,10-14,16,19,39-40H,6-9,15H2,1H3,(H,41,42). The van der Waals surface area contributed by atoms with Gasteiger partial charge in [0.05, 0.1) is 21.2 Å². The van der Waals surface area contributed by atoms with Crippen LogP contribution in [0.15, 0.2) is 60.8 Å². The van der Waals surface area contributed by atoms with Crippen LogP contribution in [0.25, 0.3) is 10.9 Å². The molecular weight excluding hydrogens is 603 g/mol. The highest BCUT2D eigenvalue weighted by Gasteiger charge is 2.37. The predicted octanol–water partition coefficient (Wildman–Crippen LogP) is 8.56. The van der Waals surface area contributed by atoms with Gasteiger partial charge in [0.15, 0.2) is 0 Å². The molecule has 1 amide bonds. The van der Waals surface area contributed by atoms with E-state index in [1.807, 2.05) is 25.3 Å². The van der Waals surface area contributed by atoms with Crippen LogP contribution in [0.1, 0.15) is 50.5 Å². The van der Waals surface area contributed by atoms with Gasteiger partial charge < -0.3 is 15.6 Å². The molecule has 0 bridgehead atoms. The molecule has 4 rings (SSSR count). The molecule has 0 saturated carbocycles. The zero-order valence-corrected chi connectivity index (χ0v) is 23.8. The van der Waals surface area contributed by atoms with Crippen molar-refractivity contribution < 1.29 is 31.1 Å². The smallest absolute Gasteiger partial charge is 0.361 e. The van der Waals surface area contributed by atoms with Crippen molar-refractivity contribution in [2.45, 2.75) is 38.0 Å². The number of alkyl halides is 6. The molecule has 0 radical (unpaired) electrons. The Morgan fingerprint density at radius 2 is 1.57 bits per heavy atom. The number of hydrogen-bond acceptors (Lipinski definition) is 2. The van der Waals surface area contributed by atoms with Gasteiger partial charge in [-0.1, -0.05) is 40.9 Å². The van der Waals surface area contributed by atoms with Crippen molar-refractivity contribution in [3.05, 3.63) is 104 Å². The van der Waals surface area contributed by atoms with Gasteiger partial charge in [-0.2, -0.15) is 26.3 Å². The van der Waals surface area contributed by atoms with Crippen molar-refractivity contribution >= 4 is 40.0 Å². The molecule has 1 atom stereocenters. The number of benzene rings is 3. The fraction of sp³-hybridized carbons (Fsp3) is 0.300. The van der Waals surface area contributed by atoms with Gasteiger partial charge in [-0.25, -0.2) is 0 Å². The topological polar surface area (TPSA) is 56.9 Å². The van der Waals surface area contributed by atoms with E-state index in [2.05, 4.69) is 21.7 Å². The van der Waals surface area contributed by atoms with Crippen LogP contribution in [0.3, 0.4) is 0 Å². The molecule has 0 aliphatic heterocycles. The Bertz CT molecular complexity index is 1530. The molecule has 4 nitrogen and oxygen atoms in total. The van der Waals surface area contributed by atoms with Gasteiger partial charge in [0.25, 0.3) is 5.91 Å². The van der Waals surface area contributed by atoms with E-state index >= 15 is 0 Å². The third-order valence-electron chi connectivity index (χ3n) is 6.94. The van der Waals surface area contributed by atoms with Crippen molar-refractivity contribution in [3.63, 3.8) is 0 Å². The summed E-state index contributed by atoms with van der Waals surface area (Å²) in [5.74, 6) is -1.42.